The molecule has 3 N–H and O–H groups in total. The molecule has 0 atom stereocenters. The van der Waals surface area contributed by atoms with E-state index in [1.807, 2.05) is 41.3 Å². The van der Waals surface area contributed by atoms with E-state index in [9.17, 15) is 4.79 Å². The van der Waals surface area contributed by atoms with Gasteiger partial charge in [0, 0.05) is 99.4 Å². The average Bonchev–Trinajstić information content (AvgIpc) is 3.64. The van der Waals surface area contributed by atoms with Gasteiger partial charge in [-0.15, -0.1) is 22.9 Å². The first-order valence-electron chi connectivity index (χ1n) is 19.6. The molecule has 8 rings (SSSR count). The molecule has 1 aromatic heterocycles. The molecule has 55 heavy (non-hydrogen) atoms. The number of likely N-dealkylation sites (N-methyl/N-ethyl adjacent to an activating group) is 3. The van der Waals surface area contributed by atoms with Crippen LogP contribution < -0.4 is 16.0 Å². The lowest BCUT2D eigenvalue weighted by molar-refractivity contribution is -0.125. The van der Waals surface area contributed by atoms with Crippen molar-refractivity contribution in [3.8, 4) is 0 Å². The zero-order valence-corrected chi connectivity index (χ0v) is 36.7. The van der Waals surface area contributed by atoms with E-state index in [1.165, 1.54) is 48.7 Å². The summed E-state index contributed by atoms with van der Waals surface area (Å²) >= 11 is 24.2. The van der Waals surface area contributed by atoms with Gasteiger partial charge in [-0.05, 0) is 94.4 Å². The molecule has 14 heteroatoms. The highest BCUT2D eigenvalue weighted by Gasteiger charge is 2.44. The second kappa shape index (κ2) is 21.1. The normalized spacial score (nSPS) is 20.9. The van der Waals surface area contributed by atoms with Crippen molar-refractivity contribution < 1.29 is 4.79 Å². The predicted octanol–water partition coefficient (Wildman–Crippen LogP) is 6.59. The van der Waals surface area contributed by atoms with Crippen LogP contribution in [0.5, 0.6) is 0 Å². The first kappa shape index (κ1) is 44.1. The Kier molecular flexibility index (Phi) is 16.9. The lowest BCUT2D eigenvalue weighted by Crippen LogP contribution is -2.48. The molecule has 0 radical (unpaired) electrons. The molecule has 3 aromatic rings. The Hall–Kier alpha value is -2.06. The van der Waals surface area contributed by atoms with Crippen molar-refractivity contribution in [3.05, 3.63) is 80.8 Å². The number of nitrogens with one attached hydrogen (secondary N) is 1. The van der Waals surface area contributed by atoms with E-state index in [-0.39, 0.29) is 22.5 Å². The highest BCUT2D eigenvalue weighted by Crippen LogP contribution is 2.50. The van der Waals surface area contributed by atoms with E-state index in [1.54, 1.807) is 11.3 Å². The number of hydrogen-bond acceptors (Lipinski definition) is 9. The van der Waals surface area contributed by atoms with Crippen LogP contribution >= 0.6 is 58.4 Å². The third-order valence-electron chi connectivity index (χ3n) is 11.8. The molecule has 3 aliphatic heterocycles. The molecule has 5 aliphatic rings. The summed E-state index contributed by atoms with van der Waals surface area (Å²) in [4.78, 5) is 28.3. The monoisotopic (exact) mass is 848 g/mol. The lowest BCUT2D eigenvalue weighted by Gasteiger charge is -2.41. The van der Waals surface area contributed by atoms with Crippen LogP contribution in [-0.4, -0.2) is 141 Å². The van der Waals surface area contributed by atoms with Crippen LogP contribution in [0.3, 0.4) is 0 Å². The Bertz CT molecular complexity index is 1630. The second-order valence-corrected chi connectivity index (χ2v) is 17.8. The van der Waals surface area contributed by atoms with E-state index in [4.69, 9.17) is 57.7 Å². The molecular formula is C41H59Cl3N8OS2. The lowest BCUT2D eigenvalue weighted by atomic mass is 9.62. The Labute approximate surface area is 353 Å². The molecule has 302 valence electrons. The summed E-state index contributed by atoms with van der Waals surface area (Å²) < 4.78 is 0. The van der Waals surface area contributed by atoms with E-state index < -0.39 is 0 Å². The molecule has 2 saturated carbocycles. The van der Waals surface area contributed by atoms with Crippen molar-refractivity contribution in [1.29, 1.82) is 0 Å². The Balaban J connectivity index is 0.000000155. The SMILES string of the molecule is CN1CCN(C(N)=S)CC1.CN1CCN(c2nc(C3(c4ccc(Cl)cc4)CCC3)cs2)CC1.CN1CCNCC1.O=C(CCl)C1(c2ccc(Cl)cc2)CCC1. The maximum atomic E-state index is 11.8. The van der Waals surface area contributed by atoms with Crippen LogP contribution in [0.4, 0.5) is 5.13 Å². The van der Waals surface area contributed by atoms with Gasteiger partial charge in [0.25, 0.3) is 0 Å². The third kappa shape index (κ3) is 11.8. The smallest absolute Gasteiger partial charge is 0.185 e. The van der Waals surface area contributed by atoms with Gasteiger partial charge in [0.1, 0.15) is 0 Å². The number of ketones is 1. The minimum absolute atomic E-state index is 0.0998. The topological polar surface area (TPSA) is 84.2 Å². The number of carbonyl (C=O) groups excluding carboxylic acids is 1. The van der Waals surface area contributed by atoms with E-state index in [0.29, 0.717) is 10.1 Å². The standard InChI is InChI=1S/C18H22ClN3S.C12H12Cl2O.C6H13N3S.C5H12N2/c1-21-9-11-22(12-10-21)17-20-16(13-23-17)18(7-2-8-18)14-3-5-15(19)6-4-14;13-8-11(15)12(6-1-7-12)9-2-4-10(14)5-3-9;1-8-2-4-9(5-3-8)6(7)10;1-7-4-2-6-3-5-7/h3-6,13H,2,7-12H2,1H3;2-5H,1,6-8H2;2-5H2,1H3,(H2,7,10);6H,2-5H2,1H3. The Morgan fingerprint density at radius 3 is 1.67 bits per heavy atom. The zero-order chi connectivity index (χ0) is 39.4. The number of alkyl halides is 1. The van der Waals surface area contributed by atoms with Gasteiger partial charge in [-0.25, -0.2) is 4.98 Å². The van der Waals surface area contributed by atoms with Crippen molar-refractivity contribution in [1.82, 2.24) is 29.9 Å². The molecule has 0 spiro atoms. The second-order valence-electron chi connectivity index (χ2n) is 15.4. The van der Waals surface area contributed by atoms with Gasteiger partial charge in [0.15, 0.2) is 16.0 Å². The number of thiocarbonyl (C=S) groups is 1. The van der Waals surface area contributed by atoms with Crippen molar-refractivity contribution in [3.63, 3.8) is 0 Å². The maximum absolute atomic E-state index is 11.8. The van der Waals surface area contributed by atoms with Crippen LogP contribution in [0.1, 0.15) is 55.3 Å². The van der Waals surface area contributed by atoms with Crippen LogP contribution in [0.25, 0.3) is 0 Å². The maximum Gasteiger partial charge on any atom is 0.185 e. The minimum Gasteiger partial charge on any atom is -0.376 e. The zero-order valence-electron chi connectivity index (χ0n) is 32.8. The van der Waals surface area contributed by atoms with Gasteiger partial charge in [-0.1, -0.05) is 60.3 Å². The quantitative estimate of drug-likeness (QED) is 0.210. The van der Waals surface area contributed by atoms with Gasteiger partial charge >= 0.3 is 0 Å². The molecule has 4 heterocycles. The molecule has 2 aliphatic carbocycles. The summed E-state index contributed by atoms with van der Waals surface area (Å²) in [5.74, 6) is 0.237. The van der Waals surface area contributed by atoms with Gasteiger partial charge in [-0.2, -0.15) is 0 Å². The summed E-state index contributed by atoms with van der Waals surface area (Å²) in [6, 6.07) is 15.9. The first-order chi connectivity index (χ1) is 26.5. The van der Waals surface area contributed by atoms with E-state index >= 15 is 0 Å². The van der Waals surface area contributed by atoms with Crippen molar-refractivity contribution in [2.45, 2.75) is 49.4 Å². The summed E-state index contributed by atoms with van der Waals surface area (Å²) in [5, 5.41) is 8.78. The van der Waals surface area contributed by atoms with Crippen molar-refractivity contribution >= 4 is 74.4 Å². The van der Waals surface area contributed by atoms with E-state index in [0.717, 1.165) is 95.3 Å². The fourth-order valence-electron chi connectivity index (χ4n) is 7.58. The molecular weight excluding hydrogens is 791 g/mol. The summed E-state index contributed by atoms with van der Waals surface area (Å²) in [5.41, 5.74) is 8.93. The highest BCUT2D eigenvalue weighted by atomic mass is 35.5. The number of carbonyl (C=O) groups is 1. The molecule has 3 saturated heterocycles. The molecule has 2 aromatic carbocycles. The van der Waals surface area contributed by atoms with Crippen molar-refractivity contribution in [2.24, 2.45) is 5.73 Å². The van der Waals surface area contributed by atoms with Crippen LogP contribution in [0, 0.1) is 0 Å². The number of thiazole rings is 1. The first-order valence-corrected chi connectivity index (χ1v) is 22.2. The van der Waals surface area contributed by atoms with Gasteiger partial charge < -0.3 is 35.6 Å². The third-order valence-corrected chi connectivity index (χ3v) is 13.7. The van der Waals surface area contributed by atoms with E-state index in [2.05, 4.69) is 63.6 Å². The molecule has 0 bridgehead atoms. The van der Waals surface area contributed by atoms with Crippen LogP contribution in [-0.2, 0) is 15.6 Å². The molecule has 9 nitrogen and oxygen atoms in total. The number of nitrogens with zero attached hydrogens (tertiary/aromatic N) is 6. The van der Waals surface area contributed by atoms with Gasteiger partial charge in [0.2, 0.25) is 0 Å². The highest BCUT2D eigenvalue weighted by molar-refractivity contribution is 7.80. The molecule has 0 unspecified atom stereocenters. The Morgan fingerprint density at radius 1 is 0.764 bits per heavy atom. The average molecular weight is 850 g/mol. The largest absolute Gasteiger partial charge is 0.376 e. The van der Waals surface area contributed by atoms with Crippen LogP contribution in [0.2, 0.25) is 10.0 Å². The molecule has 5 fully saturated rings. The number of rotatable bonds is 6. The van der Waals surface area contributed by atoms with Crippen molar-refractivity contribution in [2.75, 3.05) is 110 Å². The number of anilines is 1. The number of Topliss-reactive ketones (excluding diaryl/α,β-unsaturated/α-hetero) is 1. The molecule has 0 amide bonds. The number of piperazine rings is 3. The Morgan fingerprint density at radius 2 is 1.25 bits per heavy atom. The summed E-state index contributed by atoms with van der Waals surface area (Å²) in [7, 11) is 6.45. The number of halogens is 3. The summed E-state index contributed by atoms with van der Waals surface area (Å²) in [6.07, 6.45) is 6.61. The van der Waals surface area contributed by atoms with Gasteiger partial charge in [-0.3, -0.25) is 4.79 Å². The number of nitrogens with two attached hydrogens (primary N) is 1. The fraction of sp³-hybridized carbons (Fsp3) is 0.585. The van der Waals surface area contributed by atoms with Gasteiger partial charge in [0.05, 0.1) is 17.0 Å². The minimum atomic E-state index is -0.313. The van der Waals surface area contributed by atoms with Crippen LogP contribution in [0.15, 0.2) is 53.9 Å². The number of hydrogen-bond donors (Lipinski definition) is 2. The fourth-order valence-corrected chi connectivity index (χ4v) is 9.25. The number of aromatic nitrogens is 1. The number of benzene rings is 2. The summed E-state index contributed by atoms with van der Waals surface area (Å²) in [6.45, 7) is 13.2. The predicted molar refractivity (Wildman–Crippen MR) is 237 cm³/mol.